The zero-order chi connectivity index (χ0) is 19.6. The van der Waals surface area contributed by atoms with E-state index in [0.29, 0.717) is 30.2 Å². The van der Waals surface area contributed by atoms with Gasteiger partial charge in [-0.3, -0.25) is 9.59 Å². The minimum atomic E-state index is -1.03. The van der Waals surface area contributed by atoms with Gasteiger partial charge in [0.15, 0.2) is 5.75 Å². The monoisotopic (exact) mass is 382 g/mol. The van der Waals surface area contributed by atoms with Crippen LogP contribution in [0.2, 0.25) is 0 Å². The fourth-order valence-corrected chi connectivity index (χ4v) is 4.40. The molecule has 5 nitrogen and oxygen atoms in total. The summed E-state index contributed by atoms with van der Waals surface area (Å²) in [5.74, 6) is -0.0644. The first kappa shape index (κ1) is 18.5. The number of carbonyl (C=O) groups excluding carboxylic acids is 2. The van der Waals surface area contributed by atoms with E-state index in [2.05, 4.69) is 10.6 Å². The first-order valence-corrected chi connectivity index (χ1v) is 9.72. The molecule has 0 spiro atoms. The third-order valence-corrected chi connectivity index (χ3v) is 5.83. The second-order valence-electron chi connectivity index (χ2n) is 7.47. The maximum atomic E-state index is 13.5. The predicted octanol–water partition coefficient (Wildman–Crippen LogP) is 4.25. The standard InChI is InChI=1S/C22H23FN2O3/c23-16-8-5-9-17(14-16)28-19-11-4-3-10-18(19)25-21(27)22(12-13-24-20(22)26)15-6-1-2-7-15/h3-5,8-11,14-15H,1-2,6-7,12-13H2,(H,24,26)(H,25,27). The number of ether oxygens (including phenoxy) is 1. The lowest BCUT2D eigenvalue weighted by molar-refractivity contribution is -0.141. The Hall–Kier alpha value is -2.89. The number of hydrogen-bond donors (Lipinski definition) is 2. The van der Waals surface area contributed by atoms with Gasteiger partial charge >= 0.3 is 0 Å². The lowest BCUT2D eigenvalue weighted by Crippen LogP contribution is -2.47. The van der Waals surface area contributed by atoms with Gasteiger partial charge in [-0.25, -0.2) is 4.39 Å². The van der Waals surface area contributed by atoms with E-state index in [1.54, 1.807) is 36.4 Å². The summed E-state index contributed by atoms with van der Waals surface area (Å²) in [6.45, 7) is 0.518. The Morgan fingerprint density at radius 3 is 2.64 bits per heavy atom. The first-order valence-electron chi connectivity index (χ1n) is 9.72. The second kappa shape index (κ2) is 7.62. The Morgan fingerprint density at radius 1 is 1.14 bits per heavy atom. The van der Waals surface area contributed by atoms with Crippen LogP contribution in [0.15, 0.2) is 48.5 Å². The Labute approximate surface area is 163 Å². The summed E-state index contributed by atoms with van der Waals surface area (Å²) in [7, 11) is 0. The van der Waals surface area contributed by atoms with Gasteiger partial charge in [0.05, 0.1) is 5.69 Å². The van der Waals surface area contributed by atoms with Gasteiger partial charge in [0, 0.05) is 12.6 Å². The van der Waals surface area contributed by atoms with Crippen molar-refractivity contribution >= 4 is 17.5 Å². The minimum Gasteiger partial charge on any atom is -0.455 e. The van der Waals surface area contributed by atoms with Crippen molar-refractivity contribution in [3.8, 4) is 11.5 Å². The molecule has 1 aliphatic heterocycles. The van der Waals surface area contributed by atoms with Gasteiger partial charge in [0.1, 0.15) is 17.0 Å². The molecule has 2 aromatic rings. The number of amides is 2. The molecule has 6 heteroatoms. The highest BCUT2D eigenvalue weighted by Gasteiger charge is 2.55. The first-order chi connectivity index (χ1) is 13.6. The van der Waals surface area contributed by atoms with Crippen LogP contribution in [0.4, 0.5) is 10.1 Å². The lowest BCUT2D eigenvalue weighted by atomic mass is 9.72. The van der Waals surface area contributed by atoms with Crippen LogP contribution < -0.4 is 15.4 Å². The van der Waals surface area contributed by atoms with Crippen molar-refractivity contribution < 1.29 is 18.7 Å². The van der Waals surface area contributed by atoms with Crippen molar-refractivity contribution in [1.29, 1.82) is 0 Å². The van der Waals surface area contributed by atoms with Crippen LogP contribution in [0.25, 0.3) is 0 Å². The molecule has 2 N–H and O–H groups in total. The quantitative estimate of drug-likeness (QED) is 0.760. The van der Waals surface area contributed by atoms with Crippen LogP contribution in [-0.2, 0) is 9.59 Å². The van der Waals surface area contributed by atoms with Gasteiger partial charge in [0.2, 0.25) is 11.8 Å². The largest absolute Gasteiger partial charge is 0.455 e. The normalized spacial score (nSPS) is 22.1. The van der Waals surface area contributed by atoms with E-state index in [0.717, 1.165) is 25.7 Å². The molecule has 28 heavy (non-hydrogen) atoms. The van der Waals surface area contributed by atoms with Crippen LogP contribution in [0.1, 0.15) is 32.1 Å². The lowest BCUT2D eigenvalue weighted by Gasteiger charge is -2.31. The van der Waals surface area contributed by atoms with Gasteiger partial charge in [-0.15, -0.1) is 0 Å². The minimum absolute atomic E-state index is 0.0614. The Morgan fingerprint density at radius 2 is 1.93 bits per heavy atom. The van der Waals surface area contributed by atoms with Crippen LogP contribution in [0.5, 0.6) is 11.5 Å². The fraction of sp³-hybridized carbons (Fsp3) is 0.364. The molecule has 0 bridgehead atoms. The number of nitrogens with one attached hydrogen (secondary N) is 2. The summed E-state index contributed by atoms with van der Waals surface area (Å²) in [6.07, 6.45) is 4.39. The van der Waals surface area contributed by atoms with Gasteiger partial charge in [-0.1, -0.05) is 31.0 Å². The third-order valence-electron chi connectivity index (χ3n) is 5.83. The summed E-state index contributed by atoms with van der Waals surface area (Å²) < 4.78 is 19.2. The molecule has 2 fully saturated rings. The number of hydrogen-bond acceptors (Lipinski definition) is 3. The molecule has 4 rings (SSSR count). The molecule has 1 atom stereocenters. The molecule has 146 valence electrons. The van der Waals surface area contributed by atoms with Gasteiger partial charge in [-0.05, 0) is 49.4 Å². The van der Waals surface area contributed by atoms with E-state index >= 15 is 0 Å². The average Bonchev–Trinajstić information content (AvgIpc) is 3.33. The Balaban J connectivity index is 1.60. The van der Waals surface area contributed by atoms with E-state index < -0.39 is 11.2 Å². The molecular weight excluding hydrogens is 359 g/mol. The molecular formula is C22H23FN2O3. The number of para-hydroxylation sites is 2. The Bertz CT molecular complexity index is 895. The zero-order valence-corrected chi connectivity index (χ0v) is 15.5. The molecule has 2 amide bonds. The van der Waals surface area contributed by atoms with Crippen molar-refractivity contribution in [3.05, 3.63) is 54.3 Å². The number of rotatable bonds is 5. The highest BCUT2D eigenvalue weighted by molar-refractivity contribution is 6.12. The topological polar surface area (TPSA) is 67.4 Å². The second-order valence-corrected chi connectivity index (χ2v) is 7.47. The smallest absolute Gasteiger partial charge is 0.240 e. The summed E-state index contributed by atoms with van der Waals surface area (Å²) in [5, 5.41) is 5.76. The van der Waals surface area contributed by atoms with E-state index in [-0.39, 0.29) is 17.7 Å². The highest BCUT2D eigenvalue weighted by atomic mass is 19.1. The molecule has 1 saturated heterocycles. The number of anilines is 1. The van der Waals surface area contributed by atoms with E-state index in [1.165, 1.54) is 12.1 Å². The van der Waals surface area contributed by atoms with Crippen LogP contribution >= 0.6 is 0 Å². The van der Waals surface area contributed by atoms with Crippen LogP contribution in [0, 0.1) is 17.2 Å². The Kier molecular flexibility index (Phi) is 5.03. The van der Waals surface area contributed by atoms with Crippen LogP contribution in [0.3, 0.4) is 0 Å². The van der Waals surface area contributed by atoms with Crippen molar-refractivity contribution in [2.24, 2.45) is 11.3 Å². The molecule has 1 aliphatic carbocycles. The van der Waals surface area contributed by atoms with E-state index in [4.69, 9.17) is 4.74 Å². The van der Waals surface area contributed by atoms with E-state index in [1.807, 2.05) is 0 Å². The van der Waals surface area contributed by atoms with Crippen molar-refractivity contribution in [2.75, 3.05) is 11.9 Å². The molecule has 0 radical (unpaired) electrons. The molecule has 2 aliphatic rings. The number of halogens is 1. The van der Waals surface area contributed by atoms with Crippen molar-refractivity contribution in [1.82, 2.24) is 5.32 Å². The molecule has 0 aromatic heterocycles. The predicted molar refractivity (Wildman–Crippen MR) is 104 cm³/mol. The highest BCUT2D eigenvalue weighted by Crippen LogP contribution is 2.46. The number of benzene rings is 2. The molecule has 2 aromatic carbocycles. The average molecular weight is 382 g/mol. The van der Waals surface area contributed by atoms with Gasteiger partial charge in [0.25, 0.3) is 0 Å². The van der Waals surface area contributed by atoms with Gasteiger partial charge in [-0.2, -0.15) is 0 Å². The maximum Gasteiger partial charge on any atom is 0.240 e. The number of carbonyl (C=O) groups is 2. The fourth-order valence-electron chi connectivity index (χ4n) is 4.40. The van der Waals surface area contributed by atoms with Crippen molar-refractivity contribution in [3.63, 3.8) is 0 Å². The van der Waals surface area contributed by atoms with Crippen LogP contribution in [-0.4, -0.2) is 18.4 Å². The third kappa shape index (κ3) is 3.35. The zero-order valence-electron chi connectivity index (χ0n) is 15.5. The maximum absolute atomic E-state index is 13.5. The summed E-state index contributed by atoms with van der Waals surface area (Å²) in [4.78, 5) is 26.0. The van der Waals surface area contributed by atoms with E-state index in [9.17, 15) is 14.0 Å². The SMILES string of the molecule is O=C1NCCC1(C(=O)Nc1ccccc1Oc1cccc(F)c1)C1CCCC1. The molecule has 1 heterocycles. The molecule has 1 saturated carbocycles. The summed E-state index contributed by atoms with van der Waals surface area (Å²) in [6, 6.07) is 12.8. The molecule has 1 unspecified atom stereocenters. The summed E-state index contributed by atoms with van der Waals surface area (Å²) >= 11 is 0. The van der Waals surface area contributed by atoms with Crippen molar-refractivity contribution in [2.45, 2.75) is 32.1 Å². The van der Waals surface area contributed by atoms with Gasteiger partial charge < -0.3 is 15.4 Å². The summed E-state index contributed by atoms with van der Waals surface area (Å²) in [5.41, 5.74) is -0.559.